The number of anilines is 1. The fourth-order valence-electron chi connectivity index (χ4n) is 1.14. The highest BCUT2D eigenvalue weighted by Gasteiger charge is 2.10. The number of hydrogen-bond acceptors (Lipinski definition) is 4. The average molecular weight is 211 g/mol. The first-order chi connectivity index (χ1) is 7.00. The third-order valence-electron chi connectivity index (χ3n) is 1.88. The van der Waals surface area contributed by atoms with Crippen molar-refractivity contribution in [2.45, 2.75) is 19.4 Å². The number of nitrogens with one attached hydrogen (secondary N) is 1. The van der Waals surface area contributed by atoms with E-state index >= 15 is 0 Å². The summed E-state index contributed by atoms with van der Waals surface area (Å²) in [5.41, 5.74) is -0.269. The second kappa shape index (κ2) is 4.59. The quantitative estimate of drug-likeness (QED) is 0.735. The maximum Gasteiger partial charge on any atom is 0.305 e. The van der Waals surface area contributed by atoms with Gasteiger partial charge in [-0.3, -0.25) is 9.59 Å². The summed E-state index contributed by atoms with van der Waals surface area (Å²) in [4.78, 5) is 25.7. The number of hydrogen-bond donors (Lipinski definition) is 2. The zero-order valence-corrected chi connectivity index (χ0v) is 8.60. The molecule has 1 heterocycles. The SMILES string of the molecule is CC(CC(=O)O)Nc1nccn(C)c1=O. The van der Waals surface area contributed by atoms with Crippen molar-refractivity contribution in [3.05, 3.63) is 22.7 Å². The highest BCUT2D eigenvalue weighted by Crippen LogP contribution is 1.99. The molecule has 0 aliphatic carbocycles. The van der Waals surface area contributed by atoms with Crippen LogP contribution in [0.1, 0.15) is 13.3 Å². The van der Waals surface area contributed by atoms with E-state index in [0.717, 1.165) is 0 Å². The Morgan fingerprint density at radius 2 is 2.40 bits per heavy atom. The van der Waals surface area contributed by atoms with E-state index in [2.05, 4.69) is 10.3 Å². The lowest BCUT2D eigenvalue weighted by Gasteiger charge is -2.11. The number of aromatic nitrogens is 2. The molecule has 6 nitrogen and oxygen atoms in total. The first kappa shape index (κ1) is 11.2. The number of nitrogens with zero attached hydrogens (tertiary/aromatic N) is 2. The first-order valence-electron chi connectivity index (χ1n) is 4.50. The topological polar surface area (TPSA) is 84.2 Å². The summed E-state index contributed by atoms with van der Waals surface area (Å²) in [6.45, 7) is 1.68. The van der Waals surface area contributed by atoms with Gasteiger partial charge in [0.15, 0.2) is 5.82 Å². The molecule has 0 saturated heterocycles. The lowest BCUT2D eigenvalue weighted by molar-refractivity contribution is -0.137. The summed E-state index contributed by atoms with van der Waals surface area (Å²) in [6.07, 6.45) is 2.96. The van der Waals surface area contributed by atoms with Crippen LogP contribution in [0, 0.1) is 0 Å². The van der Waals surface area contributed by atoms with Gasteiger partial charge in [0.25, 0.3) is 5.56 Å². The Bertz CT molecular complexity index is 413. The van der Waals surface area contributed by atoms with E-state index in [0.29, 0.717) is 0 Å². The summed E-state index contributed by atoms with van der Waals surface area (Å²) in [7, 11) is 1.61. The largest absolute Gasteiger partial charge is 0.481 e. The van der Waals surface area contributed by atoms with Crippen molar-refractivity contribution >= 4 is 11.8 Å². The molecular weight excluding hydrogens is 198 g/mol. The van der Waals surface area contributed by atoms with Gasteiger partial charge in [-0.25, -0.2) is 4.98 Å². The molecule has 1 unspecified atom stereocenters. The molecule has 1 atom stereocenters. The molecule has 0 aromatic carbocycles. The molecule has 0 saturated carbocycles. The molecule has 0 spiro atoms. The number of carbonyl (C=O) groups is 1. The second-order valence-corrected chi connectivity index (χ2v) is 3.34. The molecule has 0 bridgehead atoms. The Kier molecular flexibility index (Phi) is 3.43. The third kappa shape index (κ3) is 3.08. The Morgan fingerprint density at radius 3 is 3.00 bits per heavy atom. The summed E-state index contributed by atoms with van der Waals surface area (Å²) in [5, 5.41) is 11.3. The zero-order chi connectivity index (χ0) is 11.4. The maximum absolute atomic E-state index is 11.5. The smallest absolute Gasteiger partial charge is 0.305 e. The lowest BCUT2D eigenvalue weighted by Crippen LogP contribution is -2.27. The summed E-state index contributed by atoms with van der Waals surface area (Å²) in [6, 6.07) is -0.329. The standard InChI is InChI=1S/C9H13N3O3/c1-6(5-7(13)14)11-8-9(15)12(2)4-3-10-8/h3-4,6H,5H2,1-2H3,(H,10,11)(H,13,14). The Hall–Kier alpha value is -1.85. The molecule has 0 amide bonds. The van der Waals surface area contributed by atoms with Crippen LogP contribution in [0.3, 0.4) is 0 Å². The van der Waals surface area contributed by atoms with Crippen LogP contribution in [0.15, 0.2) is 17.2 Å². The van der Waals surface area contributed by atoms with Crippen molar-refractivity contribution in [3.63, 3.8) is 0 Å². The van der Waals surface area contributed by atoms with Crippen molar-refractivity contribution in [3.8, 4) is 0 Å². The second-order valence-electron chi connectivity index (χ2n) is 3.34. The molecular formula is C9H13N3O3. The number of carboxylic acid groups (broad SMARTS) is 1. The van der Waals surface area contributed by atoms with E-state index in [1.54, 1.807) is 14.0 Å². The Labute approximate surface area is 86.6 Å². The van der Waals surface area contributed by atoms with Crippen molar-refractivity contribution in [2.75, 3.05) is 5.32 Å². The Morgan fingerprint density at radius 1 is 1.73 bits per heavy atom. The van der Waals surface area contributed by atoms with Crippen LogP contribution in [0.4, 0.5) is 5.82 Å². The van der Waals surface area contributed by atoms with Crippen LogP contribution in [0.25, 0.3) is 0 Å². The van der Waals surface area contributed by atoms with E-state index in [-0.39, 0.29) is 23.8 Å². The van der Waals surface area contributed by atoms with Gasteiger partial charge in [0, 0.05) is 25.5 Å². The molecule has 0 aliphatic rings. The van der Waals surface area contributed by atoms with Crippen molar-refractivity contribution in [1.29, 1.82) is 0 Å². The van der Waals surface area contributed by atoms with Crippen LogP contribution < -0.4 is 10.9 Å². The minimum Gasteiger partial charge on any atom is -0.481 e. The van der Waals surface area contributed by atoms with Gasteiger partial charge in [-0.2, -0.15) is 0 Å². The van der Waals surface area contributed by atoms with Crippen LogP contribution in [-0.2, 0) is 11.8 Å². The van der Waals surface area contributed by atoms with Gasteiger partial charge in [0.1, 0.15) is 0 Å². The summed E-state index contributed by atoms with van der Waals surface area (Å²) in [5.74, 6) is -0.739. The van der Waals surface area contributed by atoms with E-state index in [1.807, 2.05) is 0 Å². The minimum atomic E-state index is -0.914. The normalized spacial score (nSPS) is 12.1. The third-order valence-corrected chi connectivity index (χ3v) is 1.88. The highest BCUT2D eigenvalue weighted by molar-refractivity contribution is 5.68. The predicted octanol–water partition coefficient (Wildman–Crippen LogP) is 0.0554. The number of rotatable bonds is 4. The fraction of sp³-hybridized carbons (Fsp3) is 0.444. The van der Waals surface area contributed by atoms with Crippen LogP contribution in [0.5, 0.6) is 0 Å². The highest BCUT2D eigenvalue weighted by atomic mass is 16.4. The van der Waals surface area contributed by atoms with Gasteiger partial charge < -0.3 is 15.0 Å². The molecule has 1 aromatic heterocycles. The van der Waals surface area contributed by atoms with Crippen LogP contribution in [-0.4, -0.2) is 26.7 Å². The molecule has 15 heavy (non-hydrogen) atoms. The molecule has 6 heteroatoms. The van der Waals surface area contributed by atoms with Crippen molar-refractivity contribution < 1.29 is 9.90 Å². The van der Waals surface area contributed by atoms with E-state index in [4.69, 9.17) is 5.11 Å². The van der Waals surface area contributed by atoms with E-state index in [9.17, 15) is 9.59 Å². The van der Waals surface area contributed by atoms with E-state index < -0.39 is 5.97 Å². The maximum atomic E-state index is 11.5. The lowest BCUT2D eigenvalue weighted by atomic mass is 10.2. The summed E-state index contributed by atoms with van der Waals surface area (Å²) < 4.78 is 1.38. The number of carboxylic acids is 1. The fourth-order valence-corrected chi connectivity index (χ4v) is 1.14. The number of aryl methyl sites for hydroxylation is 1. The van der Waals surface area contributed by atoms with Gasteiger partial charge in [0.05, 0.1) is 6.42 Å². The van der Waals surface area contributed by atoms with Gasteiger partial charge >= 0.3 is 5.97 Å². The molecule has 0 aliphatic heterocycles. The van der Waals surface area contributed by atoms with Crippen molar-refractivity contribution in [2.24, 2.45) is 7.05 Å². The Balaban J connectivity index is 2.77. The van der Waals surface area contributed by atoms with Gasteiger partial charge in [-0.15, -0.1) is 0 Å². The van der Waals surface area contributed by atoms with Gasteiger partial charge in [-0.1, -0.05) is 0 Å². The monoisotopic (exact) mass is 211 g/mol. The zero-order valence-electron chi connectivity index (χ0n) is 8.60. The van der Waals surface area contributed by atoms with Gasteiger partial charge in [0.2, 0.25) is 0 Å². The predicted molar refractivity (Wildman–Crippen MR) is 54.8 cm³/mol. The molecule has 0 fully saturated rings. The average Bonchev–Trinajstić information content (AvgIpc) is 2.11. The van der Waals surface area contributed by atoms with Crippen LogP contribution in [0.2, 0.25) is 0 Å². The van der Waals surface area contributed by atoms with Crippen LogP contribution >= 0.6 is 0 Å². The summed E-state index contributed by atoms with van der Waals surface area (Å²) >= 11 is 0. The van der Waals surface area contributed by atoms with E-state index in [1.165, 1.54) is 17.0 Å². The van der Waals surface area contributed by atoms with Gasteiger partial charge in [-0.05, 0) is 6.92 Å². The molecule has 1 rings (SSSR count). The minimum absolute atomic E-state index is 0.0558. The molecule has 82 valence electrons. The molecule has 0 radical (unpaired) electrons. The first-order valence-corrected chi connectivity index (χ1v) is 4.50. The molecule has 1 aromatic rings. The molecule has 2 N–H and O–H groups in total. The number of aliphatic carboxylic acids is 1. The van der Waals surface area contributed by atoms with Crippen molar-refractivity contribution in [1.82, 2.24) is 9.55 Å².